The van der Waals surface area contributed by atoms with Crippen molar-refractivity contribution in [2.75, 3.05) is 32.7 Å². The van der Waals surface area contributed by atoms with Gasteiger partial charge in [0.1, 0.15) is 0 Å². The molecule has 1 N–H and O–H groups in total. The van der Waals surface area contributed by atoms with Gasteiger partial charge in [0.25, 0.3) is 0 Å². The Hall–Kier alpha value is -0.610. The average molecular weight is 282 g/mol. The Bertz CT molecular complexity index is 301. The fraction of sp³-hybridized carbons (Fsp3) is 0.938. The lowest BCUT2D eigenvalue weighted by atomic mass is 9.92. The fourth-order valence-corrected chi connectivity index (χ4v) is 3.81. The quantitative estimate of drug-likeness (QED) is 0.841. The van der Waals surface area contributed by atoms with Gasteiger partial charge in [-0.1, -0.05) is 6.92 Å². The van der Waals surface area contributed by atoms with Crippen LogP contribution in [0.25, 0.3) is 0 Å². The third kappa shape index (κ3) is 4.74. The Kier molecular flexibility index (Phi) is 6.30. The van der Waals surface area contributed by atoms with Crippen molar-refractivity contribution in [2.45, 2.75) is 57.9 Å². The number of carbonyl (C=O) groups is 1. The lowest BCUT2D eigenvalue weighted by Crippen LogP contribution is -2.42. The van der Waals surface area contributed by atoms with Gasteiger partial charge in [-0.3, -0.25) is 4.79 Å². The molecule has 0 aromatic heterocycles. The zero-order valence-electron chi connectivity index (χ0n) is 12.9. The molecule has 0 aromatic rings. The highest BCUT2D eigenvalue weighted by molar-refractivity contribution is 5.67. The molecule has 0 spiro atoms. The molecular weight excluding hydrogens is 252 g/mol. The monoisotopic (exact) mass is 282 g/mol. The average Bonchev–Trinajstić information content (AvgIpc) is 2.65. The summed E-state index contributed by atoms with van der Waals surface area (Å²) in [5.41, 5.74) is 0. The summed E-state index contributed by atoms with van der Waals surface area (Å²) in [4.78, 5) is 16.0. The van der Waals surface area contributed by atoms with Crippen molar-refractivity contribution >= 4 is 5.97 Å². The number of piperidine rings is 1. The van der Waals surface area contributed by atoms with Crippen LogP contribution in [-0.4, -0.2) is 59.6 Å². The Morgan fingerprint density at radius 3 is 2.50 bits per heavy atom. The summed E-state index contributed by atoms with van der Waals surface area (Å²) >= 11 is 0. The Morgan fingerprint density at radius 1 is 1.10 bits per heavy atom. The van der Waals surface area contributed by atoms with Gasteiger partial charge in [-0.05, 0) is 77.2 Å². The molecule has 0 aliphatic carbocycles. The minimum Gasteiger partial charge on any atom is -0.481 e. The van der Waals surface area contributed by atoms with E-state index in [4.69, 9.17) is 5.11 Å². The van der Waals surface area contributed by atoms with Crippen molar-refractivity contribution in [3.05, 3.63) is 0 Å². The number of aliphatic carboxylic acids is 1. The maximum atomic E-state index is 10.8. The lowest BCUT2D eigenvalue weighted by molar-refractivity contribution is -0.138. The summed E-state index contributed by atoms with van der Waals surface area (Å²) in [5, 5.41) is 8.88. The maximum Gasteiger partial charge on any atom is 0.303 e. The zero-order chi connectivity index (χ0) is 14.4. The summed E-state index contributed by atoms with van der Waals surface area (Å²) in [5.74, 6) is -0.223. The standard InChI is InChI=1S/C16H30N2O2/c1-2-8-17-9-3-4-15(7-10-17)18-11-5-14(6-12-18)13-16(19)20/h14-15H,2-13H2,1H3,(H,19,20). The van der Waals surface area contributed by atoms with E-state index in [0.717, 1.165) is 32.0 Å². The molecule has 0 saturated carbocycles. The highest BCUT2D eigenvalue weighted by Crippen LogP contribution is 2.25. The Labute approximate surface area is 123 Å². The second-order valence-corrected chi connectivity index (χ2v) is 6.50. The van der Waals surface area contributed by atoms with Gasteiger partial charge in [-0.2, -0.15) is 0 Å². The van der Waals surface area contributed by atoms with Crippen molar-refractivity contribution in [2.24, 2.45) is 5.92 Å². The second-order valence-electron chi connectivity index (χ2n) is 6.50. The van der Waals surface area contributed by atoms with Crippen molar-refractivity contribution in [1.82, 2.24) is 9.80 Å². The van der Waals surface area contributed by atoms with Crippen LogP contribution < -0.4 is 0 Å². The fourth-order valence-electron chi connectivity index (χ4n) is 3.81. The van der Waals surface area contributed by atoms with Crippen LogP contribution in [0.1, 0.15) is 51.9 Å². The highest BCUT2D eigenvalue weighted by atomic mass is 16.4. The van der Waals surface area contributed by atoms with Crippen molar-refractivity contribution < 1.29 is 9.90 Å². The van der Waals surface area contributed by atoms with Crippen LogP contribution >= 0.6 is 0 Å². The molecule has 0 radical (unpaired) electrons. The van der Waals surface area contributed by atoms with Crippen LogP contribution in [0.2, 0.25) is 0 Å². The lowest BCUT2D eigenvalue weighted by Gasteiger charge is -2.37. The summed E-state index contributed by atoms with van der Waals surface area (Å²) in [7, 11) is 0. The minimum atomic E-state index is -0.631. The Morgan fingerprint density at radius 2 is 1.85 bits per heavy atom. The molecule has 2 heterocycles. The van der Waals surface area contributed by atoms with E-state index in [1.54, 1.807) is 0 Å². The molecule has 4 nitrogen and oxygen atoms in total. The van der Waals surface area contributed by atoms with E-state index in [-0.39, 0.29) is 0 Å². The van der Waals surface area contributed by atoms with Gasteiger partial charge in [0, 0.05) is 12.5 Å². The molecule has 20 heavy (non-hydrogen) atoms. The third-order valence-electron chi connectivity index (χ3n) is 4.96. The number of carboxylic acids is 1. The summed E-state index contributed by atoms with van der Waals surface area (Å²) in [6.45, 7) is 8.23. The van der Waals surface area contributed by atoms with Gasteiger partial charge in [0.15, 0.2) is 0 Å². The summed E-state index contributed by atoms with van der Waals surface area (Å²) in [6, 6.07) is 0.739. The largest absolute Gasteiger partial charge is 0.481 e. The van der Waals surface area contributed by atoms with Crippen LogP contribution in [0.15, 0.2) is 0 Å². The molecule has 4 heteroatoms. The number of likely N-dealkylation sites (tertiary alicyclic amines) is 2. The summed E-state index contributed by atoms with van der Waals surface area (Å²) in [6.07, 6.45) is 7.70. The molecule has 1 atom stereocenters. The number of nitrogens with zero attached hydrogens (tertiary/aromatic N) is 2. The molecule has 2 rings (SSSR count). The van der Waals surface area contributed by atoms with Crippen molar-refractivity contribution in [1.29, 1.82) is 0 Å². The van der Waals surface area contributed by atoms with Gasteiger partial charge >= 0.3 is 5.97 Å². The normalized spacial score (nSPS) is 27.4. The molecule has 2 saturated heterocycles. The molecule has 2 aliphatic heterocycles. The topological polar surface area (TPSA) is 43.8 Å². The van der Waals surface area contributed by atoms with E-state index in [1.807, 2.05) is 0 Å². The number of rotatable bonds is 5. The first-order valence-corrected chi connectivity index (χ1v) is 8.37. The van der Waals surface area contributed by atoms with Crippen LogP contribution in [0.4, 0.5) is 0 Å². The van der Waals surface area contributed by atoms with Gasteiger partial charge in [0.2, 0.25) is 0 Å². The number of hydrogen-bond acceptors (Lipinski definition) is 3. The van der Waals surface area contributed by atoms with Crippen molar-refractivity contribution in [3.63, 3.8) is 0 Å². The van der Waals surface area contributed by atoms with E-state index >= 15 is 0 Å². The van der Waals surface area contributed by atoms with E-state index < -0.39 is 5.97 Å². The van der Waals surface area contributed by atoms with E-state index in [2.05, 4.69) is 16.7 Å². The van der Waals surface area contributed by atoms with Crippen LogP contribution in [0.3, 0.4) is 0 Å². The number of hydrogen-bond donors (Lipinski definition) is 1. The molecule has 1 unspecified atom stereocenters. The van der Waals surface area contributed by atoms with Crippen molar-refractivity contribution in [3.8, 4) is 0 Å². The smallest absolute Gasteiger partial charge is 0.303 e. The van der Waals surface area contributed by atoms with Crippen LogP contribution in [0, 0.1) is 5.92 Å². The van der Waals surface area contributed by atoms with Gasteiger partial charge in [-0.15, -0.1) is 0 Å². The van der Waals surface area contributed by atoms with Crippen LogP contribution in [-0.2, 0) is 4.79 Å². The molecule has 116 valence electrons. The maximum absolute atomic E-state index is 10.8. The van der Waals surface area contributed by atoms with Gasteiger partial charge in [-0.25, -0.2) is 0 Å². The first-order chi connectivity index (χ1) is 9.69. The van der Waals surface area contributed by atoms with Gasteiger partial charge < -0.3 is 14.9 Å². The molecule has 0 bridgehead atoms. The van der Waals surface area contributed by atoms with Crippen LogP contribution in [0.5, 0.6) is 0 Å². The second kappa shape index (κ2) is 7.99. The predicted molar refractivity (Wildman–Crippen MR) is 80.9 cm³/mol. The molecule has 0 aromatic carbocycles. The molecule has 2 aliphatic rings. The van der Waals surface area contributed by atoms with E-state index in [1.165, 1.54) is 45.3 Å². The third-order valence-corrected chi connectivity index (χ3v) is 4.96. The molecular formula is C16H30N2O2. The van der Waals surface area contributed by atoms with Gasteiger partial charge in [0.05, 0.1) is 0 Å². The molecule has 2 fully saturated rings. The first kappa shape index (κ1) is 15.8. The summed E-state index contributed by atoms with van der Waals surface area (Å²) < 4.78 is 0. The zero-order valence-corrected chi connectivity index (χ0v) is 12.9. The highest BCUT2D eigenvalue weighted by Gasteiger charge is 2.27. The van der Waals surface area contributed by atoms with E-state index in [9.17, 15) is 4.79 Å². The Balaban J connectivity index is 1.74. The minimum absolute atomic E-state index is 0.364. The first-order valence-electron chi connectivity index (χ1n) is 8.37. The SMILES string of the molecule is CCCN1CCCC(N2CCC(CC(=O)O)CC2)CC1. The predicted octanol–water partition coefficient (Wildman–Crippen LogP) is 2.44. The van der Waals surface area contributed by atoms with E-state index in [0.29, 0.717) is 12.3 Å². The number of carboxylic acid groups (broad SMARTS) is 1. The molecule has 0 amide bonds.